The minimum absolute atomic E-state index is 0.0931. The fourth-order valence-corrected chi connectivity index (χ4v) is 2.59. The molecule has 1 aliphatic rings. The van der Waals surface area contributed by atoms with Crippen molar-refractivity contribution in [3.63, 3.8) is 0 Å². The Kier molecular flexibility index (Phi) is 6.39. The van der Waals surface area contributed by atoms with Gasteiger partial charge in [0, 0.05) is 6.92 Å². The van der Waals surface area contributed by atoms with E-state index in [0.717, 1.165) is 0 Å². The summed E-state index contributed by atoms with van der Waals surface area (Å²) in [5.74, 6) is -0.135. The standard InChI is InChI=1S/C14H27NO5/c1-7(2)13-11(15-9(5)17)12(18)14(19-8(3)4)10(6-16)20-13/h7-8,10-14,16,18H,6H2,1-5H3,(H,15,17). The number of carbonyl (C=O) groups excluding carboxylic acids is 1. The van der Waals surface area contributed by atoms with Gasteiger partial charge < -0.3 is 25.0 Å². The highest BCUT2D eigenvalue weighted by Gasteiger charge is 2.47. The van der Waals surface area contributed by atoms with Gasteiger partial charge in [0.25, 0.3) is 0 Å². The molecule has 0 spiro atoms. The van der Waals surface area contributed by atoms with Crippen LogP contribution in [0.4, 0.5) is 0 Å². The molecule has 1 amide bonds. The number of carbonyl (C=O) groups is 1. The lowest BCUT2D eigenvalue weighted by Gasteiger charge is -2.46. The maximum Gasteiger partial charge on any atom is 0.217 e. The fraction of sp³-hybridized carbons (Fsp3) is 0.929. The molecule has 1 saturated heterocycles. The molecule has 1 aliphatic heterocycles. The lowest BCUT2D eigenvalue weighted by Crippen LogP contribution is -2.66. The van der Waals surface area contributed by atoms with E-state index in [4.69, 9.17) is 9.47 Å². The van der Waals surface area contributed by atoms with Crippen molar-refractivity contribution in [1.82, 2.24) is 5.32 Å². The third-order valence-electron chi connectivity index (χ3n) is 3.39. The van der Waals surface area contributed by atoms with Crippen molar-refractivity contribution in [1.29, 1.82) is 0 Å². The van der Waals surface area contributed by atoms with Crippen LogP contribution in [0.3, 0.4) is 0 Å². The largest absolute Gasteiger partial charge is 0.394 e. The molecule has 1 fully saturated rings. The van der Waals surface area contributed by atoms with Crippen molar-refractivity contribution < 1.29 is 24.5 Å². The van der Waals surface area contributed by atoms with Crippen LogP contribution in [-0.2, 0) is 14.3 Å². The van der Waals surface area contributed by atoms with Crippen LogP contribution < -0.4 is 5.32 Å². The van der Waals surface area contributed by atoms with Gasteiger partial charge in [0.1, 0.15) is 18.3 Å². The predicted molar refractivity (Wildman–Crippen MR) is 74.2 cm³/mol. The molecule has 0 bridgehead atoms. The number of hydrogen-bond donors (Lipinski definition) is 3. The summed E-state index contributed by atoms with van der Waals surface area (Å²) in [4.78, 5) is 11.3. The monoisotopic (exact) mass is 289 g/mol. The van der Waals surface area contributed by atoms with Crippen molar-refractivity contribution in [2.24, 2.45) is 5.92 Å². The average molecular weight is 289 g/mol. The number of rotatable bonds is 5. The van der Waals surface area contributed by atoms with Gasteiger partial charge in [-0.05, 0) is 19.8 Å². The smallest absolute Gasteiger partial charge is 0.217 e. The quantitative estimate of drug-likeness (QED) is 0.666. The maximum absolute atomic E-state index is 11.3. The SMILES string of the molecule is CC(=O)NC1C(O)C(OC(C)C)C(CO)OC1C(C)C. The zero-order valence-electron chi connectivity index (χ0n) is 12.9. The molecule has 1 rings (SSSR count). The summed E-state index contributed by atoms with van der Waals surface area (Å²) in [6, 6.07) is -0.543. The Bertz CT molecular complexity index is 321. The second kappa shape index (κ2) is 7.36. The average Bonchev–Trinajstić information content (AvgIpc) is 2.33. The van der Waals surface area contributed by atoms with Crippen LogP contribution in [0.25, 0.3) is 0 Å². The van der Waals surface area contributed by atoms with Gasteiger partial charge in [-0.15, -0.1) is 0 Å². The van der Waals surface area contributed by atoms with Crippen molar-refractivity contribution in [2.75, 3.05) is 6.61 Å². The summed E-state index contributed by atoms with van der Waals surface area (Å²) >= 11 is 0. The van der Waals surface area contributed by atoms with Gasteiger partial charge in [-0.2, -0.15) is 0 Å². The Morgan fingerprint density at radius 2 is 1.95 bits per heavy atom. The third-order valence-corrected chi connectivity index (χ3v) is 3.39. The first-order valence-electron chi connectivity index (χ1n) is 7.14. The number of amides is 1. The van der Waals surface area contributed by atoms with E-state index in [-0.39, 0.29) is 30.6 Å². The number of ether oxygens (including phenoxy) is 2. The van der Waals surface area contributed by atoms with E-state index in [2.05, 4.69) is 5.32 Å². The van der Waals surface area contributed by atoms with E-state index in [0.29, 0.717) is 0 Å². The summed E-state index contributed by atoms with van der Waals surface area (Å²) < 4.78 is 11.5. The summed E-state index contributed by atoms with van der Waals surface area (Å²) in [6.07, 6.45) is -2.64. The van der Waals surface area contributed by atoms with Gasteiger partial charge in [0.15, 0.2) is 0 Å². The molecule has 0 radical (unpaired) electrons. The molecule has 0 aromatic carbocycles. The molecule has 118 valence electrons. The highest BCUT2D eigenvalue weighted by Crippen LogP contribution is 2.28. The molecule has 0 aliphatic carbocycles. The molecule has 6 nitrogen and oxygen atoms in total. The number of nitrogens with one attached hydrogen (secondary N) is 1. The van der Waals surface area contributed by atoms with E-state index >= 15 is 0 Å². The molecule has 5 atom stereocenters. The van der Waals surface area contributed by atoms with Crippen molar-refractivity contribution in [3.8, 4) is 0 Å². The van der Waals surface area contributed by atoms with Crippen LogP contribution in [0, 0.1) is 5.92 Å². The minimum atomic E-state index is -0.917. The fourth-order valence-electron chi connectivity index (χ4n) is 2.59. The van der Waals surface area contributed by atoms with E-state index in [1.807, 2.05) is 27.7 Å². The second-order valence-electron chi connectivity index (χ2n) is 5.93. The summed E-state index contributed by atoms with van der Waals surface area (Å²) in [7, 11) is 0. The van der Waals surface area contributed by atoms with Crippen LogP contribution in [0.15, 0.2) is 0 Å². The van der Waals surface area contributed by atoms with Gasteiger partial charge in [-0.1, -0.05) is 13.8 Å². The second-order valence-corrected chi connectivity index (χ2v) is 5.93. The highest BCUT2D eigenvalue weighted by molar-refractivity contribution is 5.73. The molecular weight excluding hydrogens is 262 g/mol. The number of aliphatic hydroxyl groups excluding tert-OH is 2. The summed E-state index contributed by atoms with van der Waals surface area (Å²) in [5, 5.41) is 22.7. The molecule has 6 heteroatoms. The Balaban J connectivity index is 2.96. The van der Waals surface area contributed by atoms with E-state index in [1.54, 1.807) is 0 Å². The first-order valence-corrected chi connectivity index (χ1v) is 7.14. The zero-order valence-corrected chi connectivity index (χ0v) is 12.9. The van der Waals surface area contributed by atoms with Crippen LogP contribution in [-0.4, -0.2) is 59.3 Å². The van der Waals surface area contributed by atoms with Crippen LogP contribution in [0.1, 0.15) is 34.6 Å². The topological polar surface area (TPSA) is 88.0 Å². The first-order chi connectivity index (χ1) is 9.27. The Morgan fingerprint density at radius 1 is 1.35 bits per heavy atom. The lowest BCUT2D eigenvalue weighted by molar-refractivity contribution is -0.227. The lowest BCUT2D eigenvalue weighted by atomic mass is 9.87. The third kappa shape index (κ3) is 4.15. The van der Waals surface area contributed by atoms with Crippen molar-refractivity contribution in [2.45, 2.75) is 71.2 Å². The van der Waals surface area contributed by atoms with E-state index in [1.165, 1.54) is 6.92 Å². The maximum atomic E-state index is 11.3. The van der Waals surface area contributed by atoms with Gasteiger partial charge in [0.2, 0.25) is 5.91 Å². The highest BCUT2D eigenvalue weighted by atomic mass is 16.6. The molecule has 0 saturated carbocycles. The molecule has 20 heavy (non-hydrogen) atoms. The van der Waals surface area contributed by atoms with Gasteiger partial charge in [0.05, 0.1) is 24.9 Å². The first kappa shape index (κ1) is 17.4. The van der Waals surface area contributed by atoms with Crippen molar-refractivity contribution >= 4 is 5.91 Å². The normalized spacial score (nSPS) is 34.5. The number of hydrogen-bond acceptors (Lipinski definition) is 5. The Hall–Kier alpha value is -0.690. The molecule has 0 aromatic rings. The van der Waals surface area contributed by atoms with Gasteiger partial charge in [-0.3, -0.25) is 4.79 Å². The molecular formula is C14H27NO5. The van der Waals surface area contributed by atoms with Crippen molar-refractivity contribution in [3.05, 3.63) is 0 Å². The van der Waals surface area contributed by atoms with Crippen LogP contribution >= 0.6 is 0 Å². The molecule has 5 unspecified atom stereocenters. The number of aliphatic hydroxyl groups is 2. The van der Waals surface area contributed by atoms with Crippen LogP contribution in [0.5, 0.6) is 0 Å². The summed E-state index contributed by atoms with van der Waals surface area (Å²) in [5.41, 5.74) is 0. The van der Waals surface area contributed by atoms with Gasteiger partial charge in [-0.25, -0.2) is 0 Å². The molecule has 0 aromatic heterocycles. The summed E-state index contributed by atoms with van der Waals surface area (Å²) in [6.45, 7) is 8.77. The minimum Gasteiger partial charge on any atom is -0.394 e. The Morgan fingerprint density at radius 3 is 2.35 bits per heavy atom. The Labute approximate surface area is 120 Å². The van der Waals surface area contributed by atoms with Crippen LogP contribution in [0.2, 0.25) is 0 Å². The zero-order chi connectivity index (χ0) is 15.4. The molecule has 3 N–H and O–H groups in total. The van der Waals surface area contributed by atoms with E-state index in [9.17, 15) is 15.0 Å². The van der Waals surface area contributed by atoms with E-state index < -0.39 is 24.4 Å². The predicted octanol–water partition coefficient (Wildman–Crippen LogP) is 0.0613. The van der Waals surface area contributed by atoms with Gasteiger partial charge >= 0.3 is 0 Å². The molecule has 1 heterocycles.